The van der Waals surface area contributed by atoms with Gasteiger partial charge in [-0.2, -0.15) is 0 Å². The van der Waals surface area contributed by atoms with E-state index in [1.165, 1.54) is 24.2 Å². The minimum atomic E-state index is 0. The van der Waals surface area contributed by atoms with E-state index in [0.29, 0.717) is 12.0 Å². The number of hydrogen-bond donors (Lipinski definition) is 1. The predicted molar refractivity (Wildman–Crippen MR) is 84.7 cm³/mol. The Morgan fingerprint density at radius 2 is 2.20 bits per heavy atom. The lowest BCUT2D eigenvalue weighted by Crippen LogP contribution is -2.28. The van der Waals surface area contributed by atoms with E-state index in [4.69, 9.17) is 10.7 Å². The van der Waals surface area contributed by atoms with Crippen LogP contribution in [0.1, 0.15) is 37.1 Å². The second-order valence-corrected chi connectivity index (χ2v) is 6.98. The Bertz CT molecular complexity index is 593. The zero-order valence-electron chi connectivity index (χ0n) is 11.7. The van der Waals surface area contributed by atoms with E-state index in [-0.39, 0.29) is 12.4 Å². The molecule has 4 rings (SSSR count). The highest BCUT2D eigenvalue weighted by atomic mass is 35.5. The van der Waals surface area contributed by atoms with Crippen LogP contribution in [-0.2, 0) is 6.54 Å². The first-order chi connectivity index (χ1) is 9.22. The van der Waals surface area contributed by atoms with Crippen LogP contribution in [0.3, 0.4) is 0 Å². The topological polar surface area (TPSA) is 46.6 Å². The Morgan fingerprint density at radius 1 is 1.40 bits per heavy atom. The quantitative estimate of drug-likeness (QED) is 0.947. The van der Waals surface area contributed by atoms with Gasteiger partial charge in [0, 0.05) is 43.2 Å². The number of imidazole rings is 1. The molecule has 0 bridgehead atoms. The number of fused-ring (bicyclic) bond motifs is 1. The zero-order chi connectivity index (χ0) is 13.0. The number of halogens is 1. The van der Waals surface area contributed by atoms with Crippen molar-refractivity contribution in [1.29, 1.82) is 0 Å². The molecule has 3 heterocycles. The first-order valence-electron chi connectivity index (χ1n) is 7.14. The standard InChI is InChI=1S/C14H20N4S.ClH/c1-9-6-17(7-11(9)15)8-12-13(10-2-3-10)16-14-18(12)4-5-19-14;/h4-5,9-11H,2-3,6-8,15H2,1H3;1H. The van der Waals surface area contributed by atoms with Gasteiger partial charge in [-0.15, -0.1) is 23.7 Å². The van der Waals surface area contributed by atoms with E-state index >= 15 is 0 Å². The van der Waals surface area contributed by atoms with E-state index in [0.717, 1.165) is 30.5 Å². The van der Waals surface area contributed by atoms with Gasteiger partial charge in [0.25, 0.3) is 0 Å². The maximum absolute atomic E-state index is 6.14. The van der Waals surface area contributed by atoms with Crippen molar-refractivity contribution in [1.82, 2.24) is 14.3 Å². The SMILES string of the molecule is CC1CN(Cc2c(C3CC3)nc3sccn23)CC1N.Cl. The average molecular weight is 313 g/mol. The van der Waals surface area contributed by atoms with Gasteiger partial charge in [-0.3, -0.25) is 9.30 Å². The summed E-state index contributed by atoms with van der Waals surface area (Å²) in [6, 6.07) is 0.329. The normalized spacial score (nSPS) is 27.1. The molecule has 2 atom stereocenters. The molecule has 2 aromatic rings. The van der Waals surface area contributed by atoms with Gasteiger partial charge < -0.3 is 5.73 Å². The molecule has 0 aromatic carbocycles. The highest BCUT2D eigenvalue weighted by Gasteiger charge is 2.33. The molecule has 0 spiro atoms. The van der Waals surface area contributed by atoms with Gasteiger partial charge in [0.15, 0.2) is 4.96 Å². The molecule has 1 saturated heterocycles. The third-order valence-electron chi connectivity index (χ3n) is 4.48. The van der Waals surface area contributed by atoms with Crippen molar-refractivity contribution in [3.63, 3.8) is 0 Å². The summed E-state index contributed by atoms with van der Waals surface area (Å²) in [5.74, 6) is 1.33. The molecule has 1 aliphatic carbocycles. The Balaban J connectivity index is 0.00000121. The Kier molecular flexibility index (Phi) is 3.79. The number of nitrogens with zero attached hydrogens (tertiary/aromatic N) is 3. The van der Waals surface area contributed by atoms with Crippen molar-refractivity contribution >= 4 is 28.7 Å². The summed E-state index contributed by atoms with van der Waals surface area (Å²) in [7, 11) is 0. The molecule has 2 unspecified atom stereocenters. The average Bonchev–Trinajstić information content (AvgIpc) is 2.90. The minimum absolute atomic E-state index is 0. The fourth-order valence-electron chi connectivity index (χ4n) is 3.13. The van der Waals surface area contributed by atoms with Crippen LogP contribution in [0.25, 0.3) is 4.96 Å². The summed E-state index contributed by atoms with van der Waals surface area (Å²) < 4.78 is 2.28. The largest absolute Gasteiger partial charge is 0.326 e. The van der Waals surface area contributed by atoms with Gasteiger partial charge in [-0.25, -0.2) is 4.98 Å². The van der Waals surface area contributed by atoms with Crippen molar-refractivity contribution in [3.8, 4) is 0 Å². The van der Waals surface area contributed by atoms with Crippen molar-refractivity contribution < 1.29 is 0 Å². The lowest BCUT2D eigenvalue weighted by Gasteiger charge is -2.15. The van der Waals surface area contributed by atoms with Crippen LogP contribution >= 0.6 is 23.7 Å². The van der Waals surface area contributed by atoms with Crippen LogP contribution in [0.5, 0.6) is 0 Å². The molecule has 110 valence electrons. The molecule has 0 radical (unpaired) electrons. The van der Waals surface area contributed by atoms with Crippen LogP contribution in [0, 0.1) is 5.92 Å². The van der Waals surface area contributed by atoms with Crippen LogP contribution in [0.4, 0.5) is 0 Å². The first-order valence-corrected chi connectivity index (χ1v) is 8.02. The third-order valence-corrected chi connectivity index (χ3v) is 5.23. The van der Waals surface area contributed by atoms with Gasteiger partial charge in [0.2, 0.25) is 0 Å². The monoisotopic (exact) mass is 312 g/mol. The molecule has 6 heteroatoms. The second kappa shape index (κ2) is 5.30. The molecular formula is C14H21ClN4S. The Morgan fingerprint density at radius 3 is 2.85 bits per heavy atom. The van der Waals surface area contributed by atoms with Gasteiger partial charge in [0.1, 0.15) is 0 Å². The van der Waals surface area contributed by atoms with Crippen molar-refractivity contribution in [3.05, 3.63) is 23.0 Å². The molecule has 2 aliphatic rings. The number of rotatable bonds is 3. The minimum Gasteiger partial charge on any atom is -0.326 e. The van der Waals surface area contributed by atoms with Gasteiger partial charge in [0.05, 0.1) is 11.4 Å². The van der Waals surface area contributed by atoms with E-state index in [9.17, 15) is 0 Å². The van der Waals surface area contributed by atoms with Crippen molar-refractivity contribution in [2.75, 3.05) is 13.1 Å². The van der Waals surface area contributed by atoms with Crippen LogP contribution in [0.15, 0.2) is 11.6 Å². The van der Waals surface area contributed by atoms with Crippen LogP contribution < -0.4 is 5.73 Å². The summed E-state index contributed by atoms with van der Waals surface area (Å²) in [6.07, 6.45) is 4.79. The first kappa shape index (κ1) is 14.3. The summed E-state index contributed by atoms with van der Waals surface area (Å²) in [4.78, 5) is 8.47. The second-order valence-electron chi connectivity index (χ2n) is 6.11. The molecule has 1 saturated carbocycles. The zero-order valence-corrected chi connectivity index (χ0v) is 13.3. The van der Waals surface area contributed by atoms with Gasteiger partial charge in [-0.05, 0) is 18.8 Å². The summed E-state index contributed by atoms with van der Waals surface area (Å²) in [5.41, 5.74) is 8.89. The van der Waals surface area contributed by atoms with Gasteiger partial charge in [-0.1, -0.05) is 6.92 Å². The smallest absolute Gasteiger partial charge is 0.194 e. The Hall–Kier alpha value is -0.620. The molecule has 1 aliphatic heterocycles. The highest BCUT2D eigenvalue weighted by Crippen LogP contribution is 2.42. The molecule has 4 nitrogen and oxygen atoms in total. The number of likely N-dealkylation sites (tertiary alicyclic amines) is 1. The summed E-state index contributed by atoms with van der Waals surface area (Å²) in [6.45, 7) is 5.39. The van der Waals surface area contributed by atoms with E-state index in [1.807, 2.05) is 0 Å². The fraction of sp³-hybridized carbons (Fsp3) is 0.643. The number of hydrogen-bond acceptors (Lipinski definition) is 4. The maximum Gasteiger partial charge on any atom is 0.194 e. The van der Waals surface area contributed by atoms with E-state index in [1.54, 1.807) is 11.3 Å². The molecule has 2 N–H and O–H groups in total. The predicted octanol–water partition coefficient (Wildman–Crippen LogP) is 2.47. The third kappa shape index (κ3) is 2.37. The highest BCUT2D eigenvalue weighted by molar-refractivity contribution is 7.15. The Labute approximate surface area is 129 Å². The molecule has 20 heavy (non-hydrogen) atoms. The molecule has 2 aromatic heterocycles. The van der Waals surface area contributed by atoms with E-state index in [2.05, 4.69) is 27.8 Å². The summed E-state index contributed by atoms with van der Waals surface area (Å²) in [5, 5.41) is 2.13. The van der Waals surface area contributed by atoms with Gasteiger partial charge >= 0.3 is 0 Å². The van der Waals surface area contributed by atoms with Crippen molar-refractivity contribution in [2.45, 2.75) is 38.3 Å². The summed E-state index contributed by atoms with van der Waals surface area (Å²) >= 11 is 1.74. The number of aromatic nitrogens is 2. The fourth-order valence-corrected chi connectivity index (χ4v) is 3.87. The molecule has 2 fully saturated rings. The number of thiazole rings is 1. The number of nitrogens with two attached hydrogens (primary N) is 1. The lowest BCUT2D eigenvalue weighted by molar-refractivity contribution is 0.313. The molecule has 0 amide bonds. The molecular weight excluding hydrogens is 292 g/mol. The van der Waals surface area contributed by atoms with E-state index < -0.39 is 0 Å². The van der Waals surface area contributed by atoms with Crippen LogP contribution in [0.2, 0.25) is 0 Å². The van der Waals surface area contributed by atoms with Crippen LogP contribution in [-0.4, -0.2) is 33.4 Å². The van der Waals surface area contributed by atoms with Crippen molar-refractivity contribution in [2.24, 2.45) is 11.7 Å². The maximum atomic E-state index is 6.14. The lowest BCUT2D eigenvalue weighted by atomic mass is 10.1.